The second kappa shape index (κ2) is 4.69. The third-order valence-corrected chi connectivity index (χ3v) is 2.28. The first-order valence-corrected chi connectivity index (χ1v) is 4.76. The van der Waals surface area contributed by atoms with E-state index in [9.17, 15) is 4.79 Å². The van der Waals surface area contributed by atoms with E-state index in [1.807, 2.05) is 0 Å². The number of amides is 1. The van der Waals surface area contributed by atoms with Gasteiger partial charge < -0.3 is 20.7 Å². The van der Waals surface area contributed by atoms with E-state index in [-0.39, 0.29) is 18.3 Å². The lowest BCUT2D eigenvalue weighted by atomic mass is 9.92. The Kier molecular flexibility index (Phi) is 3.55. The van der Waals surface area contributed by atoms with E-state index in [0.717, 1.165) is 0 Å². The van der Waals surface area contributed by atoms with Crippen molar-refractivity contribution in [2.75, 3.05) is 6.54 Å². The molecule has 4 N–H and O–H groups in total. The van der Waals surface area contributed by atoms with E-state index in [4.69, 9.17) is 15.4 Å². The fraction of sp³-hybridized carbons (Fsp3) is 0.400. The minimum absolute atomic E-state index is 0.0694. The van der Waals surface area contributed by atoms with Gasteiger partial charge in [0.25, 0.3) is 5.91 Å². The minimum Gasteiger partial charge on any atom is -0.472 e. The maximum Gasteiger partial charge on any atom is 0.254 e. The molecule has 0 fully saturated rings. The van der Waals surface area contributed by atoms with Gasteiger partial charge in [0.05, 0.1) is 11.8 Å². The van der Waals surface area contributed by atoms with E-state index >= 15 is 0 Å². The molecule has 0 unspecified atom stereocenters. The molecule has 0 aliphatic heterocycles. The number of nitrogens with zero attached hydrogens (tertiary/aromatic N) is 1. The van der Waals surface area contributed by atoms with Crippen molar-refractivity contribution in [1.82, 2.24) is 5.32 Å². The van der Waals surface area contributed by atoms with Crippen LogP contribution < -0.4 is 11.1 Å². The Morgan fingerprint density at radius 2 is 2.38 bits per heavy atom. The summed E-state index contributed by atoms with van der Waals surface area (Å²) in [6, 6.07) is 1.56. The second-order valence-electron chi connectivity index (χ2n) is 4.06. The smallest absolute Gasteiger partial charge is 0.254 e. The molecule has 1 rings (SSSR count). The van der Waals surface area contributed by atoms with E-state index < -0.39 is 5.41 Å². The summed E-state index contributed by atoms with van der Waals surface area (Å²) in [7, 11) is 0. The van der Waals surface area contributed by atoms with Crippen molar-refractivity contribution in [1.29, 1.82) is 0 Å². The highest BCUT2D eigenvalue weighted by atomic mass is 16.4. The van der Waals surface area contributed by atoms with E-state index in [1.165, 1.54) is 12.5 Å². The van der Waals surface area contributed by atoms with Gasteiger partial charge in [-0.25, -0.2) is 0 Å². The van der Waals surface area contributed by atoms with Gasteiger partial charge in [-0.05, 0) is 6.07 Å². The lowest BCUT2D eigenvalue weighted by Crippen LogP contribution is -2.42. The fourth-order valence-electron chi connectivity index (χ4n) is 1.02. The molecule has 0 saturated heterocycles. The van der Waals surface area contributed by atoms with Crippen LogP contribution in [0.2, 0.25) is 0 Å². The van der Waals surface area contributed by atoms with Gasteiger partial charge >= 0.3 is 0 Å². The summed E-state index contributed by atoms with van der Waals surface area (Å²) >= 11 is 0. The summed E-state index contributed by atoms with van der Waals surface area (Å²) in [6.45, 7) is 3.79. The zero-order valence-corrected chi connectivity index (χ0v) is 9.23. The number of oxime groups is 1. The zero-order chi connectivity index (χ0) is 12.2. The van der Waals surface area contributed by atoms with Crippen LogP contribution in [-0.4, -0.2) is 23.5 Å². The fourth-order valence-corrected chi connectivity index (χ4v) is 1.02. The van der Waals surface area contributed by atoms with Crippen LogP contribution in [0.4, 0.5) is 0 Å². The number of hydrogen-bond donors (Lipinski definition) is 3. The SMILES string of the molecule is CC(C)(CNC(=O)c1ccoc1)/C(N)=N/O. The van der Waals surface area contributed by atoms with Crippen LogP contribution >= 0.6 is 0 Å². The quantitative estimate of drug-likeness (QED) is 0.305. The third kappa shape index (κ3) is 2.75. The summed E-state index contributed by atoms with van der Waals surface area (Å²) in [5.74, 6) is -0.187. The Morgan fingerprint density at radius 1 is 1.69 bits per heavy atom. The van der Waals surface area contributed by atoms with Crippen molar-refractivity contribution in [2.45, 2.75) is 13.8 Å². The number of carbonyl (C=O) groups is 1. The van der Waals surface area contributed by atoms with Crippen LogP contribution in [0.5, 0.6) is 0 Å². The predicted molar refractivity (Wildman–Crippen MR) is 58.2 cm³/mol. The second-order valence-corrected chi connectivity index (χ2v) is 4.06. The molecule has 16 heavy (non-hydrogen) atoms. The number of carbonyl (C=O) groups excluding carboxylic acids is 1. The first-order chi connectivity index (χ1) is 7.47. The number of rotatable bonds is 4. The first kappa shape index (κ1) is 12.1. The zero-order valence-electron chi connectivity index (χ0n) is 9.23. The summed E-state index contributed by atoms with van der Waals surface area (Å²) in [6.07, 6.45) is 2.77. The summed E-state index contributed by atoms with van der Waals surface area (Å²) < 4.78 is 4.79. The number of furan rings is 1. The molecule has 1 amide bonds. The van der Waals surface area contributed by atoms with Gasteiger partial charge in [0.15, 0.2) is 0 Å². The van der Waals surface area contributed by atoms with Crippen molar-refractivity contribution in [3.05, 3.63) is 24.2 Å². The highest BCUT2D eigenvalue weighted by Crippen LogP contribution is 2.13. The number of nitrogens with one attached hydrogen (secondary N) is 1. The van der Waals surface area contributed by atoms with Crippen LogP contribution in [0.1, 0.15) is 24.2 Å². The molecule has 1 heterocycles. The van der Waals surface area contributed by atoms with Crippen molar-refractivity contribution >= 4 is 11.7 Å². The van der Waals surface area contributed by atoms with Crippen LogP contribution in [0, 0.1) is 5.41 Å². The van der Waals surface area contributed by atoms with Crippen LogP contribution in [-0.2, 0) is 0 Å². The highest BCUT2D eigenvalue weighted by Gasteiger charge is 2.24. The van der Waals surface area contributed by atoms with Crippen molar-refractivity contribution in [3.8, 4) is 0 Å². The molecule has 6 nitrogen and oxygen atoms in total. The van der Waals surface area contributed by atoms with Crippen LogP contribution in [0.3, 0.4) is 0 Å². The lowest BCUT2D eigenvalue weighted by Gasteiger charge is -2.22. The molecule has 0 spiro atoms. The molecule has 1 aromatic rings. The van der Waals surface area contributed by atoms with Crippen molar-refractivity contribution < 1.29 is 14.4 Å². The third-order valence-electron chi connectivity index (χ3n) is 2.28. The molecule has 6 heteroatoms. The Labute approximate surface area is 93.1 Å². The molecule has 0 bridgehead atoms. The molecule has 0 radical (unpaired) electrons. The van der Waals surface area contributed by atoms with Crippen molar-refractivity contribution in [3.63, 3.8) is 0 Å². The highest BCUT2D eigenvalue weighted by molar-refractivity contribution is 5.94. The minimum atomic E-state index is -0.603. The predicted octanol–water partition coefficient (Wildman–Crippen LogP) is 0.782. The molecule has 0 aliphatic rings. The van der Waals surface area contributed by atoms with Crippen LogP contribution in [0.25, 0.3) is 0 Å². The maximum absolute atomic E-state index is 11.5. The molecular weight excluding hydrogens is 210 g/mol. The summed E-state index contributed by atoms with van der Waals surface area (Å²) in [5, 5.41) is 14.1. The van der Waals surface area contributed by atoms with Gasteiger partial charge in [0, 0.05) is 12.0 Å². The molecule has 0 aliphatic carbocycles. The normalized spacial score (nSPS) is 12.5. The molecule has 1 aromatic heterocycles. The number of nitrogens with two attached hydrogens (primary N) is 1. The number of amidine groups is 1. The average molecular weight is 225 g/mol. The van der Waals surface area contributed by atoms with E-state index in [1.54, 1.807) is 19.9 Å². The number of hydrogen-bond acceptors (Lipinski definition) is 4. The summed E-state index contributed by atoms with van der Waals surface area (Å²) in [5.41, 5.74) is 5.32. The Bertz CT molecular complexity index is 382. The molecular formula is C10H15N3O3. The van der Waals surface area contributed by atoms with Gasteiger partial charge in [-0.1, -0.05) is 19.0 Å². The maximum atomic E-state index is 11.5. The monoisotopic (exact) mass is 225 g/mol. The largest absolute Gasteiger partial charge is 0.472 e. The van der Waals surface area contributed by atoms with Gasteiger partial charge in [0.2, 0.25) is 0 Å². The van der Waals surface area contributed by atoms with Crippen molar-refractivity contribution in [2.24, 2.45) is 16.3 Å². The van der Waals surface area contributed by atoms with Gasteiger partial charge in [-0.3, -0.25) is 4.79 Å². The van der Waals surface area contributed by atoms with Gasteiger partial charge in [-0.2, -0.15) is 0 Å². The van der Waals surface area contributed by atoms with Gasteiger partial charge in [0.1, 0.15) is 12.1 Å². The topological polar surface area (TPSA) is 101 Å². The molecule has 0 saturated carbocycles. The van der Waals surface area contributed by atoms with Crippen LogP contribution in [0.15, 0.2) is 28.2 Å². The Hall–Kier alpha value is -1.98. The summed E-state index contributed by atoms with van der Waals surface area (Å²) in [4.78, 5) is 11.5. The Balaban J connectivity index is 2.55. The standard InChI is InChI=1S/C10H15N3O3/c1-10(2,9(11)13-15)6-12-8(14)7-3-4-16-5-7/h3-5,15H,6H2,1-2H3,(H2,11,13)(H,12,14). The van der Waals surface area contributed by atoms with E-state index in [0.29, 0.717) is 5.56 Å². The Morgan fingerprint density at radius 3 is 2.88 bits per heavy atom. The van der Waals surface area contributed by atoms with E-state index in [2.05, 4.69) is 10.5 Å². The average Bonchev–Trinajstić information content (AvgIpc) is 2.78. The molecule has 0 aromatic carbocycles. The molecule has 0 atom stereocenters. The molecule has 88 valence electrons. The first-order valence-electron chi connectivity index (χ1n) is 4.76. The van der Waals surface area contributed by atoms with Gasteiger partial charge in [-0.15, -0.1) is 0 Å². The lowest BCUT2D eigenvalue weighted by molar-refractivity contribution is 0.0943.